The molecular formula is C16H26N4. The monoisotopic (exact) mass is 274 g/mol. The van der Waals surface area contributed by atoms with Crippen molar-refractivity contribution < 1.29 is 0 Å². The molecule has 0 radical (unpaired) electrons. The number of anilines is 2. The van der Waals surface area contributed by atoms with E-state index in [4.69, 9.17) is 0 Å². The summed E-state index contributed by atoms with van der Waals surface area (Å²) in [6.45, 7) is 5.24. The van der Waals surface area contributed by atoms with Crippen molar-refractivity contribution in [2.24, 2.45) is 0 Å². The summed E-state index contributed by atoms with van der Waals surface area (Å²) < 4.78 is 0. The highest BCUT2D eigenvalue weighted by molar-refractivity contribution is 5.40. The molecule has 1 aliphatic rings. The number of nitrogens with zero attached hydrogens (tertiary/aromatic N) is 2. The maximum Gasteiger partial charge on any atom is 0.224 e. The lowest BCUT2D eigenvalue weighted by Gasteiger charge is -2.14. The van der Waals surface area contributed by atoms with Crippen LogP contribution < -0.4 is 10.6 Å². The molecular weight excluding hydrogens is 248 g/mol. The quantitative estimate of drug-likeness (QED) is 0.738. The van der Waals surface area contributed by atoms with Gasteiger partial charge in [-0.05, 0) is 51.5 Å². The van der Waals surface area contributed by atoms with Gasteiger partial charge in [-0.3, -0.25) is 0 Å². The zero-order valence-corrected chi connectivity index (χ0v) is 12.7. The van der Waals surface area contributed by atoms with E-state index in [1.807, 2.05) is 6.07 Å². The number of hydrogen-bond donors (Lipinski definition) is 2. The predicted molar refractivity (Wildman–Crippen MR) is 85.1 cm³/mol. The molecule has 0 fully saturated rings. The smallest absolute Gasteiger partial charge is 0.224 e. The maximum absolute atomic E-state index is 4.49. The molecule has 0 spiro atoms. The predicted octanol–water partition coefficient (Wildman–Crippen LogP) is 3.99. The first-order chi connectivity index (χ1) is 9.78. The summed E-state index contributed by atoms with van der Waals surface area (Å²) in [6, 6.07) is 2.35. The van der Waals surface area contributed by atoms with Crippen molar-refractivity contribution in [3.8, 4) is 0 Å². The summed E-state index contributed by atoms with van der Waals surface area (Å²) in [6.07, 6.45) is 11.6. The molecule has 1 aromatic heterocycles. The molecule has 4 heteroatoms. The number of hydrogen-bond acceptors (Lipinski definition) is 4. The van der Waals surface area contributed by atoms with Crippen LogP contribution in [0, 0.1) is 0 Å². The lowest BCUT2D eigenvalue weighted by Crippen LogP contribution is -2.15. The summed E-state index contributed by atoms with van der Waals surface area (Å²) in [7, 11) is 0. The molecule has 0 saturated heterocycles. The zero-order chi connectivity index (χ0) is 14.2. The van der Waals surface area contributed by atoms with Gasteiger partial charge in [-0.15, -0.1) is 0 Å². The van der Waals surface area contributed by atoms with E-state index in [2.05, 4.69) is 40.5 Å². The molecule has 2 N–H and O–H groups in total. The molecule has 1 aliphatic carbocycles. The van der Waals surface area contributed by atoms with Crippen LogP contribution in [0.5, 0.6) is 0 Å². The molecule has 0 aromatic carbocycles. The van der Waals surface area contributed by atoms with Gasteiger partial charge in [0.1, 0.15) is 5.82 Å². The molecule has 1 atom stereocenters. The first-order valence-corrected chi connectivity index (χ1v) is 7.79. The van der Waals surface area contributed by atoms with E-state index >= 15 is 0 Å². The molecule has 0 amide bonds. The van der Waals surface area contributed by atoms with E-state index in [-0.39, 0.29) is 0 Å². The summed E-state index contributed by atoms with van der Waals surface area (Å²) in [5.41, 5.74) is 1.58. The summed E-state index contributed by atoms with van der Waals surface area (Å²) >= 11 is 0. The topological polar surface area (TPSA) is 49.8 Å². The minimum Gasteiger partial charge on any atom is -0.367 e. The minimum atomic E-state index is 0.435. The third-order valence-corrected chi connectivity index (χ3v) is 3.78. The van der Waals surface area contributed by atoms with Crippen molar-refractivity contribution in [1.29, 1.82) is 0 Å². The van der Waals surface area contributed by atoms with Crippen LogP contribution in [0.4, 0.5) is 11.8 Å². The van der Waals surface area contributed by atoms with Gasteiger partial charge in [0, 0.05) is 18.8 Å². The van der Waals surface area contributed by atoms with Gasteiger partial charge in [0.05, 0.1) is 0 Å². The van der Waals surface area contributed by atoms with Gasteiger partial charge in [-0.1, -0.05) is 18.6 Å². The van der Waals surface area contributed by atoms with E-state index < -0.39 is 0 Å². The Morgan fingerprint density at radius 2 is 2.25 bits per heavy atom. The Balaban J connectivity index is 1.80. The number of allylic oxidation sites excluding steroid dienone is 1. The average molecular weight is 274 g/mol. The average Bonchev–Trinajstić information content (AvgIpc) is 2.48. The van der Waals surface area contributed by atoms with Crippen LogP contribution in [0.15, 0.2) is 23.9 Å². The van der Waals surface area contributed by atoms with Gasteiger partial charge in [0.2, 0.25) is 5.95 Å². The van der Waals surface area contributed by atoms with E-state index in [1.54, 1.807) is 11.8 Å². The van der Waals surface area contributed by atoms with Crippen molar-refractivity contribution >= 4 is 11.8 Å². The van der Waals surface area contributed by atoms with Gasteiger partial charge in [-0.2, -0.15) is 4.98 Å². The summed E-state index contributed by atoms with van der Waals surface area (Å²) in [5, 5.41) is 6.69. The fourth-order valence-corrected chi connectivity index (χ4v) is 2.35. The Morgan fingerprint density at radius 1 is 1.35 bits per heavy atom. The second-order valence-electron chi connectivity index (χ2n) is 5.50. The highest BCUT2D eigenvalue weighted by atomic mass is 15.1. The molecule has 0 saturated carbocycles. The van der Waals surface area contributed by atoms with E-state index in [1.165, 1.54) is 25.7 Å². The lowest BCUT2D eigenvalue weighted by atomic mass is 9.97. The number of aromatic nitrogens is 2. The van der Waals surface area contributed by atoms with Crippen LogP contribution in [0.25, 0.3) is 0 Å². The van der Waals surface area contributed by atoms with Crippen molar-refractivity contribution in [2.75, 3.05) is 17.2 Å². The van der Waals surface area contributed by atoms with Gasteiger partial charge in [0.25, 0.3) is 0 Å². The molecule has 1 heterocycles. The molecule has 1 unspecified atom stereocenters. The molecule has 110 valence electrons. The Kier molecular flexibility index (Phi) is 5.84. The van der Waals surface area contributed by atoms with Crippen LogP contribution in [0.1, 0.15) is 52.4 Å². The number of rotatable bonds is 7. The molecule has 2 rings (SSSR count). The van der Waals surface area contributed by atoms with Crippen LogP contribution in [0.2, 0.25) is 0 Å². The maximum atomic E-state index is 4.49. The Morgan fingerprint density at radius 3 is 3.00 bits per heavy atom. The summed E-state index contributed by atoms with van der Waals surface area (Å²) in [4.78, 5) is 8.76. The van der Waals surface area contributed by atoms with E-state index in [0.29, 0.717) is 6.04 Å². The Labute approximate surface area is 122 Å². The second kappa shape index (κ2) is 7.88. The molecule has 1 aromatic rings. The van der Waals surface area contributed by atoms with Gasteiger partial charge >= 0.3 is 0 Å². The summed E-state index contributed by atoms with van der Waals surface area (Å²) in [5.74, 6) is 1.61. The van der Waals surface area contributed by atoms with Gasteiger partial charge in [-0.25, -0.2) is 4.98 Å². The minimum absolute atomic E-state index is 0.435. The SMILES string of the molecule is CCC(C)Nc1ccnc(NCCC2=CCCCC2)n1. The Bertz CT molecular complexity index is 442. The zero-order valence-electron chi connectivity index (χ0n) is 12.7. The fourth-order valence-electron chi connectivity index (χ4n) is 2.35. The third-order valence-electron chi connectivity index (χ3n) is 3.78. The van der Waals surface area contributed by atoms with E-state index in [0.717, 1.165) is 31.2 Å². The van der Waals surface area contributed by atoms with Crippen LogP contribution in [-0.2, 0) is 0 Å². The van der Waals surface area contributed by atoms with Crippen LogP contribution >= 0.6 is 0 Å². The van der Waals surface area contributed by atoms with Gasteiger partial charge in [0.15, 0.2) is 0 Å². The first-order valence-electron chi connectivity index (χ1n) is 7.79. The number of nitrogens with one attached hydrogen (secondary N) is 2. The van der Waals surface area contributed by atoms with Crippen LogP contribution in [-0.4, -0.2) is 22.6 Å². The fraction of sp³-hybridized carbons (Fsp3) is 0.625. The second-order valence-corrected chi connectivity index (χ2v) is 5.50. The Hall–Kier alpha value is -1.58. The molecule has 0 bridgehead atoms. The van der Waals surface area contributed by atoms with E-state index in [9.17, 15) is 0 Å². The largest absolute Gasteiger partial charge is 0.367 e. The van der Waals surface area contributed by atoms with Crippen molar-refractivity contribution in [2.45, 2.75) is 58.4 Å². The van der Waals surface area contributed by atoms with Crippen molar-refractivity contribution in [3.05, 3.63) is 23.9 Å². The van der Waals surface area contributed by atoms with Crippen LogP contribution in [0.3, 0.4) is 0 Å². The molecule has 4 nitrogen and oxygen atoms in total. The molecule has 0 aliphatic heterocycles. The standard InChI is InChI=1S/C16H26N4/c1-3-13(2)19-15-10-12-18-16(20-15)17-11-9-14-7-5-4-6-8-14/h7,10,12-13H,3-6,8-9,11H2,1-2H3,(H2,17,18,19,20). The molecule has 20 heavy (non-hydrogen) atoms. The van der Waals surface area contributed by atoms with Crippen molar-refractivity contribution in [1.82, 2.24) is 9.97 Å². The normalized spacial score (nSPS) is 16.4. The van der Waals surface area contributed by atoms with Crippen molar-refractivity contribution in [3.63, 3.8) is 0 Å². The highest BCUT2D eigenvalue weighted by Gasteiger charge is 2.05. The third kappa shape index (κ3) is 4.83. The van der Waals surface area contributed by atoms with Gasteiger partial charge < -0.3 is 10.6 Å². The highest BCUT2D eigenvalue weighted by Crippen LogP contribution is 2.19. The lowest BCUT2D eigenvalue weighted by molar-refractivity contribution is 0.679. The first kappa shape index (κ1) is 14.8.